The van der Waals surface area contributed by atoms with E-state index >= 15 is 0 Å². The summed E-state index contributed by atoms with van der Waals surface area (Å²) in [6.45, 7) is 2.01. The molecule has 0 aliphatic carbocycles. The van der Waals surface area contributed by atoms with Gasteiger partial charge in [0.1, 0.15) is 5.52 Å². The van der Waals surface area contributed by atoms with Crippen molar-refractivity contribution >= 4 is 22.7 Å². The Balaban J connectivity index is 1.67. The van der Waals surface area contributed by atoms with Gasteiger partial charge in [-0.05, 0) is 55.0 Å². The van der Waals surface area contributed by atoms with Crippen molar-refractivity contribution in [2.45, 2.75) is 6.92 Å². The standard InChI is InChI=1S/C23H20N2O4/c1-14-8-10-19-18(12-14)25-23(29-19)16-6-4-5-7-17(16)24-22(26)15-9-11-20(27-2)21(13-15)28-3/h4-13H,1-3H3,(H,24,26). The van der Waals surface area contributed by atoms with Crippen molar-refractivity contribution in [3.05, 3.63) is 71.8 Å². The maximum Gasteiger partial charge on any atom is 0.255 e. The van der Waals surface area contributed by atoms with E-state index in [4.69, 9.17) is 13.9 Å². The predicted octanol–water partition coefficient (Wildman–Crippen LogP) is 5.07. The van der Waals surface area contributed by atoms with E-state index in [9.17, 15) is 4.79 Å². The van der Waals surface area contributed by atoms with Gasteiger partial charge in [0.15, 0.2) is 17.1 Å². The quantitative estimate of drug-likeness (QED) is 0.516. The van der Waals surface area contributed by atoms with Gasteiger partial charge in [-0.15, -0.1) is 0 Å². The monoisotopic (exact) mass is 388 g/mol. The van der Waals surface area contributed by atoms with Crippen LogP contribution in [-0.4, -0.2) is 25.1 Å². The number of aromatic nitrogens is 1. The summed E-state index contributed by atoms with van der Waals surface area (Å²) in [4.78, 5) is 17.4. The summed E-state index contributed by atoms with van der Waals surface area (Å²) in [6.07, 6.45) is 0. The number of para-hydroxylation sites is 1. The van der Waals surface area contributed by atoms with Crippen LogP contribution in [0.3, 0.4) is 0 Å². The maximum absolute atomic E-state index is 12.8. The Morgan fingerprint density at radius 1 is 0.966 bits per heavy atom. The van der Waals surface area contributed by atoms with Crippen LogP contribution in [0.5, 0.6) is 11.5 Å². The second-order valence-corrected chi connectivity index (χ2v) is 6.56. The van der Waals surface area contributed by atoms with E-state index in [0.717, 1.165) is 11.1 Å². The summed E-state index contributed by atoms with van der Waals surface area (Å²) in [5, 5.41) is 2.93. The molecule has 0 fully saturated rings. The summed E-state index contributed by atoms with van der Waals surface area (Å²) in [5.74, 6) is 1.23. The summed E-state index contributed by atoms with van der Waals surface area (Å²) in [5.41, 5.74) is 4.34. The summed E-state index contributed by atoms with van der Waals surface area (Å²) >= 11 is 0. The fourth-order valence-electron chi connectivity index (χ4n) is 3.10. The van der Waals surface area contributed by atoms with Crippen molar-refractivity contribution in [3.8, 4) is 23.0 Å². The number of fused-ring (bicyclic) bond motifs is 1. The molecular weight excluding hydrogens is 368 g/mol. The lowest BCUT2D eigenvalue weighted by Crippen LogP contribution is -2.13. The number of anilines is 1. The Hall–Kier alpha value is -3.80. The van der Waals surface area contributed by atoms with Gasteiger partial charge >= 0.3 is 0 Å². The number of ether oxygens (including phenoxy) is 2. The Bertz CT molecular complexity index is 1200. The molecule has 29 heavy (non-hydrogen) atoms. The molecule has 0 saturated carbocycles. The molecule has 6 nitrogen and oxygen atoms in total. The second kappa shape index (κ2) is 7.67. The molecule has 0 aliphatic heterocycles. The van der Waals surface area contributed by atoms with Gasteiger partial charge in [-0.1, -0.05) is 18.2 Å². The smallest absolute Gasteiger partial charge is 0.255 e. The van der Waals surface area contributed by atoms with Crippen molar-refractivity contribution in [1.29, 1.82) is 0 Å². The Labute approximate surface area is 168 Å². The molecule has 4 aromatic rings. The fraction of sp³-hybridized carbons (Fsp3) is 0.130. The highest BCUT2D eigenvalue weighted by molar-refractivity contribution is 6.06. The van der Waals surface area contributed by atoms with Crippen LogP contribution in [0.4, 0.5) is 5.69 Å². The molecule has 6 heteroatoms. The zero-order valence-corrected chi connectivity index (χ0v) is 16.4. The number of nitrogens with zero attached hydrogens (tertiary/aromatic N) is 1. The normalized spacial score (nSPS) is 10.7. The van der Waals surface area contributed by atoms with Crippen LogP contribution >= 0.6 is 0 Å². The number of benzene rings is 3. The highest BCUT2D eigenvalue weighted by Crippen LogP contribution is 2.32. The van der Waals surface area contributed by atoms with Crippen LogP contribution in [0.25, 0.3) is 22.6 Å². The van der Waals surface area contributed by atoms with E-state index in [-0.39, 0.29) is 5.91 Å². The molecular formula is C23H20N2O4. The lowest BCUT2D eigenvalue weighted by atomic mass is 10.1. The fourth-order valence-corrected chi connectivity index (χ4v) is 3.10. The minimum Gasteiger partial charge on any atom is -0.493 e. The molecule has 4 rings (SSSR count). The minimum absolute atomic E-state index is 0.273. The van der Waals surface area contributed by atoms with E-state index in [0.29, 0.717) is 39.8 Å². The van der Waals surface area contributed by atoms with Crippen molar-refractivity contribution in [2.24, 2.45) is 0 Å². The molecule has 1 heterocycles. The Kier molecular flexibility index (Phi) is 4.91. The largest absolute Gasteiger partial charge is 0.493 e. The minimum atomic E-state index is -0.273. The molecule has 1 aromatic heterocycles. The van der Waals surface area contributed by atoms with Crippen LogP contribution in [0.1, 0.15) is 15.9 Å². The zero-order chi connectivity index (χ0) is 20.4. The third-order valence-electron chi connectivity index (χ3n) is 4.59. The third kappa shape index (κ3) is 3.65. The van der Waals surface area contributed by atoms with Crippen LogP contribution in [0, 0.1) is 6.92 Å². The van der Waals surface area contributed by atoms with E-state index in [1.165, 1.54) is 7.11 Å². The average molecular weight is 388 g/mol. The van der Waals surface area contributed by atoms with Gasteiger partial charge in [-0.25, -0.2) is 4.98 Å². The summed E-state index contributed by atoms with van der Waals surface area (Å²) < 4.78 is 16.4. The number of hydrogen-bond donors (Lipinski definition) is 1. The molecule has 0 bridgehead atoms. The van der Waals surface area contributed by atoms with Crippen molar-refractivity contribution in [2.75, 3.05) is 19.5 Å². The number of rotatable bonds is 5. The van der Waals surface area contributed by atoms with Gasteiger partial charge in [0.25, 0.3) is 5.91 Å². The molecule has 0 radical (unpaired) electrons. The first-order chi connectivity index (χ1) is 14.1. The molecule has 0 saturated heterocycles. The number of carbonyl (C=O) groups excluding carboxylic acids is 1. The number of methoxy groups -OCH3 is 2. The molecule has 1 N–H and O–H groups in total. The van der Waals surface area contributed by atoms with Crippen LogP contribution in [0.15, 0.2) is 65.1 Å². The number of oxazole rings is 1. The molecule has 0 unspecified atom stereocenters. The first-order valence-corrected chi connectivity index (χ1v) is 9.09. The van der Waals surface area contributed by atoms with Crippen molar-refractivity contribution in [1.82, 2.24) is 4.98 Å². The van der Waals surface area contributed by atoms with Crippen molar-refractivity contribution in [3.63, 3.8) is 0 Å². The summed E-state index contributed by atoms with van der Waals surface area (Å²) in [6, 6.07) is 18.3. The lowest BCUT2D eigenvalue weighted by Gasteiger charge is -2.11. The van der Waals surface area contributed by atoms with Gasteiger partial charge in [0.05, 0.1) is 25.5 Å². The predicted molar refractivity (Wildman–Crippen MR) is 112 cm³/mol. The van der Waals surface area contributed by atoms with Gasteiger partial charge in [0.2, 0.25) is 5.89 Å². The first-order valence-electron chi connectivity index (χ1n) is 9.09. The first kappa shape index (κ1) is 18.6. The van der Waals surface area contributed by atoms with Gasteiger partial charge < -0.3 is 19.2 Å². The van der Waals surface area contributed by atoms with Crippen molar-refractivity contribution < 1.29 is 18.7 Å². The number of hydrogen-bond acceptors (Lipinski definition) is 5. The van der Waals surface area contributed by atoms with Crippen LogP contribution in [0.2, 0.25) is 0 Å². The molecule has 146 valence electrons. The maximum atomic E-state index is 12.8. The highest BCUT2D eigenvalue weighted by Gasteiger charge is 2.16. The zero-order valence-electron chi connectivity index (χ0n) is 16.4. The van der Waals surface area contributed by atoms with Crippen LogP contribution in [-0.2, 0) is 0 Å². The molecule has 0 atom stereocenters. The SMILES string of the molecule is COc1ccc(C(=O)Nc2ccccc2-c2nc3cc(C)ccc3o2)cc1OC. The topological polar surface area (TPSA) is 73.6 Å². The molecule has 0 spiro atoms. The number of carbonyl (C=O) groups is 1. The highest BCUT2D eigenvalue weighted by atomic mass is 16.5. The summed E-state index contributed by atoms with van der Waals surface area (Å²) in [7, 11) is 3.08. The third-order valence-corrected chi connectivity index (χ3v) is 4.59. The van der Waals surface area contributed by atoms with E-state index < -0.39 is 0 Å². The second-order valence-electron chi connectivity index (χ2n) is 6.56. The number of aryl methyl sites for hydroxylation is 1. The number of amides is 1. The van der Waals surface area contributed by atoms with Crippen LogP contribution < -0.4 is 14.8 Å². The molecule has 1 amide bonds. The molecule has 0 aliphatic rings. The Morgan fingerprint density at radius 3 is 2.55 bits per heavy atom. The van der Waals surface area contributed by atoms with Gasteiger partial charge in [-0.2, -0.15) is 0 Å². The van der Waals surface area contributed by atoms with Gasteiger partial charge in [0, 0.05) is 5.56 Å². The Morgan fingerprint density at radius 2 is 1.76 bits per heavy atom. The molecule has 3 aromatic carbocycles. The van der Waals surface area contributed by atoms with E-state index in [1.807, 2.05) is 49.4 Å². The van der Waals surface area contributed by atoms with E-state index in [1.54, 1.807) is 25.3 Å². The average Bonchev–Trinajstić information content (AvgIpc) is 3.16. The van der Waals surface area contributed by atoms with Gasteiger partial charge in [-0.3, -0.25) is 4.79 Å². The van der Waals surface area contributed by atoms with E-state index in [2.05, 4.69) is 10.3 Å². The lowest BCUT2D eigenvalue weighted by molar-refractivity contribution is 0.102. The number of nitrogens with one attached hydrogen (secondary N) is 1.